The Kier molecular flexibility index (Phi) is 6.74. The average Bonchev–Trinajstić information content (AvgIpc) is 2.31. The Morgan fingerprint density at radius 1 is 1.25 bits per heavy atom. The molecule has 0 saturated heterocycles. The molecule has 0 radical (unpaired) electrons. The maximum Gasteiger partial charge on any atom is 0.0207 e. The number of benzene rings is 1. The molecule has 1 nitrogen and oxygen atoms in total. The molecule has 90 valence electrons. The lowest BCUT2D eigenvalue weighted by molar-refractivity contribution is 0.468. The summed E-state index contributed by atoms with van der Waals surface area (Å²) < 4.78 is 1.24. The molecule has 0 aliphatic rings. The van der Waals surface area contributed by atoms with E-state index in [9.17, 15) is 0 Å². The van der Waals surface area contributed by atoms with E-state index >= 15 is 0 Å². The molecule has 1 aromatic rings. The molecular weight excluding hydrogens is 262 g/mol. The third-order valence-corrected chi connectivity index (χ3v) is 3.67. The van der Waals surface area contributed by atoms with E-state index in [0.717, 1.165) is 13.0 Å². The van der Waals surface area contributed by atoms with Crippen molar-refractivity contribution in [3.63, 3.8) is 0 Å². The van der Waals surface area contributed by atoms with Gasteiger partial charge in [0.15, 0.2) is 0 Å². The molecule has 0 spiro atoms. The third-order valence-electron chi connectivity index (χ3n) is 2.90. The van der Waals surface area contributed by atoms with Gasteiger partial charge in [-0.3, -0.25) is 0 Å². The zero-order valence-electron chi connectivity index (χ0n) is 10.3. The average molecular weight is 284 g/mol. The van der Waals surface area contributed by atoms with Crippen LogP contribution in [0.25, 0.3) is 0 Å². The van der Waals surface area contributed by atoms with Crippen molar-refractivity contribution in [3.05, 3.63) is 34.3 Å². The summed E-state index contributed by atoms with van der Waals surface area (Å²) in [6, 6.07) is 9.17. The first-order valence-electron chi connectivity index (χ1n) is 6.24. The van der Waals surface area contributed by atoms with Gasteiger partial charge in [-0.15, -0.1) is 0 Å². The molecule has 0 amide bonds. The number of halogens is 1. The van der Waals surface area contributed by atoms with E-state index in [-0.39, 0.29) is 0 Å². The minimum atomic E-state index is 0.659. The van der Waals surface area contributed by atoms with Crippen molar-refractivity contribution in [1.29, 1.82) is 0 Å². The van der Waals surface area contributed by atoms with Gasteiger partial charge >= 0.3 is 0 Å². The van der Waals surface area contributed by atoms with Crippen LogP contribution >= 0.6 is 15.9 Å². The van der Waals surface area contributed by atoms with E-state index in [2.05, 4.69) is 59.4 Å². The number of hydrogen-bond acceptors (Lipinski definition) is 1. The highest BCUT2D eigenvalue weighted by molar-refractivity contribution is 9.10. The Hall–Kier alpha value is -0.340. The first-order chi connectivity index (χ1) is 7.77. The summed E-state index contributed by atoms with van der Waals surface area (Å²) in [6.45, 7) is 5.61. The van der Waals surface area contributed by atoms with E-state index in [0.29, 0.717) is 6.04 Å². The Labute approximate surface area is 108 Å². The van der Waals surface area contributed by atoms with Gasteiger partial charge in [-0.1, -0.05) is 48.0 Å². The van der Waals surface area contributed by atoms with Gasteiger partial charge in [-0.05, 0) is 43.9 Å². The minimum Gasteiger partial charge on any atom is -0.314 e. The van der Waals surface area contributed by atoms with Crippen LogP contribution in [0.5, 0.6) is 0 Å². The second kappa shape index (κ2) is 7.86. The maximum absolute atomic E-state index is 3.60. The van der Waals surface area contributed by atoms with Crippen LogP contribution < -0.4 is 5.32 Å². The highest BCUT2D eigenvalue weighted by atomic mass is 79.9. The van der Waals surface area contributed by atoms with E-state index < -0.39 is 0 Å². The summed E-state index contributed by atoms with van der Waals surface area (Å²) in [6.07, 6.45) is 4.80. The molecule has 0 aliphatic carbocycles. The van der Waals surface area contributed by atoms with Crippen LogP contribution in [0.15, 0.2) is 28.7 Å². The molecule has 0 bridgehead atoms. The van der Waals surface area contributed by atoms with E-state index in [4.69, 9.17) is 0 Å². The van der Waals surface area contributed by atoms with Gasteiger partial charge < -0.3 is 5.32 Å². The van der Waals surface area contributed by atoms with Gasteiger partial charge in [0.25, 0.3) is 0 Å². The second-order valence-corrected chi connectivity index (χ2v) is 5.04. The van der Waals surface area contributed by atoms with Crippen molar-refractivity contribution in [3.8, 4) is 0 Å². The molecule has 2 heteroatoms. The Morgan fingerprint density at radius 3 is 2.62 bits per heavy atom. The van der Waals surface area contributed by atoms with Gasteiger partial charge in [0, 0.05) is 10.5 Å². The zero-order chi connectivity index (χ0) is 11.8. The van der Waals surface area contributed by atoms with Crippen molar-refractivity contribution in [2.24, 2.45) is 0 Å². The van der Waals surface area contributed by atoms with Crippen LogP contribution in [-0.2, 0) is 6.42 Å². The van der Waals surface area contributed by atoms with Gasteiger partial charge in [0.1, 0.15) is 0 Å². The molecule has 0 aliphatic heterocycles. The second-order valence-electron chi connectivity index (χ2n) is 4.19. The highest BCUT2D eigenvalue weighted by Gasteiger charge is 2.06. The lowest BCUT2D eigenvalue weighted by atomic mass is 10.0. The Morgan fingerprint density at radius 2 is 2.00 bits per heavy atom. The molecule has 0 fully saturated rings. The molecule has 1 N–H and O–H groups in total. The molecule has 0 aromatic heterocycles. The summed E-state index contributed by atoms with van der Waals surface area (Å²) >= 11 is 3.60. The molecule has 1 unspecified atom stereocenters. The third kappa shape index (κ3) is 4.67. The maximum atomic E-state index is 3.60. The number of rotatable bonds is 7. The van der Waals surface area contributed by atoms with Crippen molar-refractivity contribution < 1.29 is 0 Å². The molecule has 16 heavy (non-hydrogen) atoms. The number of hydrogen-bond donors (Lipinski definition) is 1. The van der Waals surface area contributed by atoms with Gasteiger partial charge in [-0.2, -0.15) is 0 Å². The van der Waals surface area contributed by atoms with E-state index in [1.165, 1.54) is 29.3 Å². The van der Waals surface area contributed by atoms with Crippen molar-refractivity contribution in [1.82, 2.24) is 5.32 Å². The smallest absolute Gasteiger partial charge is 0.0207 e. The zero-order valence-corrected chi connectivity index (χ0v) is 11.9. The first-order valence-corrected chi connectivity index (χ1v) is 7.04. The molecule has 1 rings (SSSR count). The molecule has 0 heterocycles. The van der Waals surface area contributed by atoms with Gasteiger partial charge in [0.2, 0.25) is 0 Å². The normalized spacial score (nSPS) is 12.7. The summed E-state index contributed by atoms with van der Waals surface area (Å²) in [5.74, 6) is 0. The predicted octanol–water partition coefficient (Wildman–Crippen LogP) is 4.16. The van der Waals surface area contributed by atoms with Gasteiger partial charge in [-0.25, -0.2) is 0 Å². The van der Waals surface area contributed by atoms with Gasteiger partial charge in [0.05, 0.1) is 0 Å². The summed E-state index contributed by atoms with van der Waals surface area (Å²) in [5, 5.41) is 3.59. The lowest BCUT2D eigenvalue weighted by Crippen LogP contribution is -2.29. The van der Waals surface area contributed by atoms with Crippen LogP contribution in [0.1, 0.15) is 38.7 Å². The largest absolute Gasteiger partial charge is 0.314 e. The Balaban J connectivity index is 2.40. The highest BCUT2D eigenvalue weighted by Crippen LogP contribution is 2.18. The SMILES string of the molecule is CCCNC(CC)CCc1ccccc1Br. The molecule has 1 aromatic carbocycles. The summed E-state index contributed by atoms with van der Waals surface area (Å²) in [7, 11) is 0. The monoisotopic (exact) mass is 283 g/mol. The van der Waals surface area contributed by atoms with E-state index in [1.807, 2.05) is 0 Å². The van der Waals surface area contributed by atoms with Crippen LogP contribution in [0.2, 0.25) is 0 Å². The number of aryl methyl sites for hydroxylation is 1. The Bertz CT molecular complexity index is 299. The standard InChI is InChI=1S/C14H22BrN/c1-3-11-16-13(4-2)10-9-12-7-5-6-8-14(12)15/h5-8,13,16H,3-4,9-11H2,1-2H3. The van der Waals surface area contributed by atoms with Crippen molar-refractivity contribution in [2.45, 2.75) is 45.6 Å². The lowest BCUT2D eigenvalue weighted by Gasteiger charge is -2.16. The molecule has 0 saturated carbocycles. The predicted molar refractivity (Wildman–Crippen MR) is 74.8 cm³/mol. The van der Waals surface area contributed by atoms with Crippen molar-refractivity contribution in [2.75, 3.05) is 6.54 Å². The summed E-state index contributed by atoms with van der Waals surface area (Å²) in [5.41, 5.74) is 1.42. The fraction of sp³-hybridized carbons (Fsp3) is 0.571. The molecular formula is C14H22BrN. The van der Waals surface area contributed by atoms with E-state index in [1.54, 1.807) is 0 Å². The number of nitrogens with one attached hydrogen (secondary N) is 1. The summed E-state index contributed by atoms with van der Waals surface area (Å²) in [4.78, 5) is 0. The van der Waals surface area contributed by atoms with Crippen LogP contribution in [0, 0.1) is 0 Å². The first kappa shape index (κ1) is 13.7. The van der Waals surface area contributed by atoms with Crippen molar-refractivity contribution >= 4 is 15.9 Å². The topological polar surface area (TPSA) is 12.0 Å². The van der Waals surface area contributed by atoms with Crippen LogP contribution in [0.4, 0.5) is 0 Å². The molecule has 1 atom stereocenters. The fourth-order valence-electron chi connectivity index (χ4n) is 1.83. The quantitative estimate of drug-likeness (QED) is 0.792. The van der Waals surface area contributed by atoms with Crippen LogP contribution in [0.3, 0.4) is 0 Å². The van der Waals surface area contributed by atoms with Crippen LogP contribution in [-0.4, -0.2) is 12.6 Å². The fourth-order valence-corrected chi connectivity index (χ4v) is 2.31. The minimum absolute atomic E-state index is 0.659.